The molecule has 1 aromatic carbocycles. The molecule has 2 N–H and O–H groups in total. The van der Waals surface area contributed by atoms with E-state index in [0.717, 1.165) is 17.7 Å². The summed E-state index contributed by atoms with van der Waals surface area (Å²) in [5, 5.41) is 7.84. The molecule has 3 rings (SSSR count). The third-order valence-corrected chi connectivity index (χ3v) is 4.41. The third kappa shape index (κ3) is 5.27. The monoisotopic (exact) mass is 392 g/mol. The van der Waals surface area contributed by atoms with Crippen LogP contribution < -0.4 is 10.6 Å². The molecule has 9 heteroatoms. The van der Waals surface area contributed by atoms with Gasteiger partial charge in [-0.1, -0.05) is 18.2 Å². The molecule has 5 nitrogen and oxygen atoms in total. The lowest BCUT2D eigenvalue weighted by atomic mass is 10.1. The minimum atomic E-state index is -4.41. The Hall–Kier alpha value is -2.94. The number of carbonyl (C=O) groups excluding carboxylic acids is 1. The van der Waals surface area contributed by atoms with E-state index in [4.69, 9.17) is 0 Å². The topological polar surface area (TPSA) is 66.9 Å². The van der Waals surface area contributed by atoms with Gasteiger partial charge in [0, 0.05) is 30.9 Å². The van der Waals surface area contributed by atoms with Crippen molar-refractivity contribution in [3.63, 3.8) is 0 Å². The minimum absolute atomic E-state index is 0.0152. The highest BCUT2D eigenvalue weighted by molar-refractivity contribution is 7.13. The minimum Gasteiger partial charge on any atom is -0.357 e. The van der Waals surface area contributed by atoms with Crippen molar-refractivity contribution in [1.29, 1.82) is 0 Å². The molecule has 1 amide bonds. The molecule has 0 bridgehead atoms. The van der Waals surface area contributed by atoms with E-state index in [1.54, 1.807) is 17.8 Å². The fourth-order valence-electron chi connectivity index (χ4n) is 2.27. The first-order valence-corrected chi connectivity index (χ1v) is 8.82. The maximum Gasteiger partial charge on any atom is 0.416 e. The maximum atomic E-state index is 12.7. The van der Waals surface area contributed by atoms with Crippen LogP contribution in [-0.2, 0) is 19.3 Å². The number of amides is 1. The van der Waals surface area contributed by atoms with Gasteiger partial charge in [-0.05, 0) is 29.3 Å². The third-order valence-electron chi connectivity index (χ3n) is 3.61. The van der Waals surface area contributed by atoms with Crippen LogP contribution in [0.15, 0.2) is 54.2 Å². The molecule has 0 aliphatic heterocycles. The summed E-state index contributed by atoms with van der Waals surface area (Å²) in [5.41, 5.74) is 0.803. The molecule has 0 unspecified atom stereocenters. The molecule has 0 saturated heterocycles. The highest BCUT2D eigenvalue weighted by Crippen LogP contribution is 2.29. The van der Waals surface area contributed by atoms with Crippen LogP contribution in [0.2, 0.25) is 0 Å². The Morgan fingerprint density at radius 2 is 1.93 bits per heavy atom. The van der Waals surface area contributed by atoms with Gasteiger partial charge in [0.15, 0.2) is 5.13 Å². The molecule has 0 spiro atoms. The van der Waals surface area contributed by atoms with Crippen LogP contribution in [0.5, 0.6) is 0 Å². The summed E-state index contributed by atoms with van der Waals surface area (Å²) >= 11 is 1.27. The zero-order valence-electron chi connectivity index (χ0n) is 14.0. The number of hydrogen-bond acceptors (Lipinski definition) is 5. The molecule has 2 aromatic heterocycles. The summed E-state index contributed by atoms with van der Waals surface area (Å²) < 4.78 is 38.2. The van der Waals surface area contributed by atoms with E-state index in [1.807, 2.05) is 12.1 Å². The molecule has 0 aliphatic rings. The van der Waals surface area contributed by atoms with Crippen LogP contribution in [0, 0.1) is 0 Å². The molecule has 140 valence electrons. The lowest BCUT2D eigenvalue weighted by Crippen LogP contribution is -2.23. The summed E-state index contributed by atoms with van der Waals surface area (Å²) in [6.07, 6.45) is -1.01. The normalized spacial score (nSPS) is 11.2. The number of halogens is 3. The number of alkyl halides is 3. The Kier molecular flexibility index (Phi) is 5.70. The fourth-order valence-corrected chi connectivity index (χ4v) is 2.96. The Labute approximate surface area is 157 Å². The molecule has 0 atom stereocenters. The van der Waals surface area contributed by atoms with E-state index in [1.165, 1.54) is 23.5 Å². The summed E-state index contributed by atoms with van der Waals surface area (Å²) in [6, 6.07) is 8.58. The molecule has 0 radical (unpaired) electrons. The maximum absolute atomic E-state index is 12.7. The van der Waals surface area contributed by atoms with Gasteiger partial charge in [0.1, 0.15) is 5.69 Å². The van der Waals surface area contributed by atoms with Crippen molar-refractivity contribution in [2.45, 2.75) is 19.3 Å². The zero-order chi connectivity index (χ0) is 19.3. The van der Waals surface area contributed by atoms with Crippen LogP contribution >= 0.6 is 11.3 Å². The van der Waals surface area contributed by atoms with Crippen molar-refractivity contribution in [2.24, 2.45) is 0 Å². The van der Waals surface area contributed by atoms with Crippen LogP contribution in [0.1, 0.15) is 27.2 Å². The standard InChI is InChI=1S/C18H15F3N4OS/c19-18(20,21)14-5-1-3-12(7-14)9-23-16(26)15-11-27-17(25-15)24-10-13-4-2-6-22-8-13/h1-8,11H,9-10H2,(H,23,26)(H,24,25). The summed E-state index contributed by atoms with van der Waals surface area (Å²) in [6.45, 7) is 0.505. The molecule has 3 aromatic rings. The number of aromatic nitrogens is 2. The van der Waals surface area contributed by atoms with Crippen LogP contribution in [0.3, 0.4) is 0 Å². The highest BCUT2D eigenvalue weighted by Gasteiger charge is 2.30. The second-order valence-electron chi connectivity index (χ2n) is 5.63. The van der Waals surface area contributed by atoms with Crippen LogP contribution in [0.4, 0.5) is 18.3 Å². The molecule has 27 heavy (non-hydrogen) atoms. The number of anilines is 1. The number of thiazole rings is 1. The first kappa shape index (κ1) is 18.8. The Morgan fingerprint density at radius 3 is 2.67 bits per heavy atom. The number of pyridine rings is 1. The van der Waals surface area contributed by atoms with Gasteiger partial charge >= 0.3 is 6.18 Å². The zero-order valence-corrected chi connectivity index (χ0v) is 14.8. The van der Waals surface area contributed by atoms with Crippen molar-refractivity contribution in [3.8, 4) is 0 Å². The fraction of sp³-hybridized carbons (Fsp3) is 0.167. The van der Waals surface area contributed by atoms with E-state index in [0.29, 0.717) is 17.2 Å². The second kappa shape index (κ2) is 8.17. The number of nitrogens with zero attached hydrogens (tertiary/aromatic N) is 2. The summed E-state index contributed by atoms with van der Waals surface area (Å²) in [7, 11) is 0. The van der Waals surface area contributed by atoms with Crippen LogP contribution in [0.25, 0.3) is 0 Å². The van der Waals surface area contributed by atoms with E-state index in [9.17, 15) is 18.0 Å². The van der Waals surface area contributed by atoms with Gasteiger partial charge in [0.05, 0.1) is 5.56 Å². The molecule has 0 saturated carbocycles. The molecule has 0 aliphatic carbocycles. The van der Waals surface area contributed by atoms with Gasteiger partial charge in [0.2, 0.25) is 0 Å². The van der Waals surface area contributed by atoms with Crippen molar-refractivity contribution in [2.75, 3.05) is 5.32 Å². The van der Waals surface area contributed by atoms with Gasteiger partial charge in [-0.15, -0.1) is 11.3 Å². The number of hydrogen-bond donors (Lipinski definition) is 2. The van der Waals surface area contributed by atoms with Gasteiger partial charge in [-0.25, -0.2) is 4.98 Å². The van der Waals surface area contributed by atoms with Crippen molar-refractivity contribution < 1.29 is 18.0 Å². The van der Waals surface area contributed by atoms with Gasteiger partial charge in [-0.3, -0.25) is 9.78 Å². The van der Waals surface area contributed by atoms with Crippen molar-refractivity contribution in [3.05, 3.63) is 76.6 Å². The number of benzene rings is 1. The molecular formula is C18H15F3N4OS. The average molecular weight is 392 g/mol. The summed E-state index contributed by atoms with van der Waals surface area (Å²) in [4.78, 5) is 20.4. The molecule has 2 heterocycles. The number of carbonyl (C=O) groups is 1. The Bertz CT molecular complexity index is 912. The predicted molar refractivity (Wildman–Crippen MR) is 96.3 cm³/mol. The highest BCUT2D eigenvalue weighted by atomic mass is 32.1. The quantitative estimate of drug-likeness (QED) is 0.663. The SMILES string of the molecule is O=C(NCc1cccc(C(F)(F)F)c1)c1csc(NCc2cccnc2)n1. The molecular weight excluding hydrogens is 377 g/mol. The number of rotatable bonds is 6. The van der Waals surface area contributed by atoms with Gasteiger partial charge in [0.25, 0.3) is 5.91 Å². The van der Waals surface area contributed by atoms with E-state index in [2.05, 4.69) is 20.6 Å². The first-order chi connectivity index (χ1) is 12.9. The lowest BCUT2D eigenvalue weighted by Gasteiger charge is -2.09. The van der Waals surface area contributed by atoms with E-state index >= 15 is 0 Å². The smallest absolute Gasteiger partial charge is 0.357 e. The predicted octanol–water partition coefficient (Wildman–Crippen LogP) is 4.10. The van der Waals surface area contributed by atoms with Gasteiger partial charge in [-0.2, -0.15) is 13.2 Å². The van der Waals surface area contributed by atoms with E-state index in [-0.39, 0.29) is 12.2 Å². The Balaban J connectivity index is 1.55. The average Bonchev–Trinajstić information content (AvgIpc) is 3.14. The van der Waals surface area contributed by atoms with E-state index < -0.39 is 17.6 Å². The van der Waals surface area contributed by atoms with Gasteiger partial charge < -0.3 is 10.6 Å². The lowest BCUT2D eigenvalue weighted by molar-refractivity contribution is -0.137. The first-order valence-electron chi connectivity index (χ1n) is 7.94. The van der Waals surface area contributed by atoms with Crippen LogP contribution in [-0.4, -0.2) is 15.9 Å². The Morgan fingerprint density at radius 1 is 1.11 bits per heavy atom. The largest absolute Gasteiger partial charge is 0.416 e. The van der Waals surface area contributed by atoms with Crippen molar-refractivity contribution in [1.82, 2.24) is 15.3 Å². The second-order valence-corrected chi connectivity index (χ2v) is 6.49. The van der Waals surface area contributed by atoms with Crippen molar-refractivity contribution >= 4 is 22.4 Å². The molecule has 0 fully saturated rings. The summed E-state index contributed by atoms with van der Waals surface area (Å²) in [5.74, 6) is -0.446. The number of nitrogens with one attached hydrogen (secondary N) is 2.